The van der Waals surface area contributed by atoms with Gasteiger partial charge in [0, 0.05) is 41.5 Å². The monoisotopic (exact) mass is 512 g/mol. The third kappa shape index (κ3) is 3.64. The van der Waals surface area contributed by atoms with Crippen molar-refractivity contribution in [1.82, 2.24) is 9.62 Å². The lowest BCUT2D eigenvalue weighted by Gasteiger charge is -2.49. The highest BCUT2D eigenvalue weighted by Crippen LogP contribution is 2.55. The van der Waals surface area contributed by atoms with Crippen LogP contribution in [0.25, 0.3) is 0 Å². The number of carbonyl (C=O) groups excluding carboxylic acids is 1. The Bertz CT molecular complexity index is 1310. The second-order valence-corrected chi connectivity index (χ2v) is 12.0. The number of azo groups is 1. The summed E-state index contributed by atoms with van der Waals surface area (Å²) in [7, 11) is -4.21. The second kappa shape index (κ2) is 7.70. The molecule has 1 aromatic rings. The summed E-state index contributed by atoms with van der Waals surface area (Å²) in [6, 6.07) is 3.64. The number of Topliss-reactive ketones (excluding diaryl/α,β-unsaturated/α-hetero) is 1. The zero-order valence-electron chi connectivity index (χ0n) is 19.1. The van der Waals surface area contributed by atoms with Crippen LogP contribution in [-0.2, 0) is 21.0 Å². The van der Waals surface area contributed by atoms with E-state index in [9.17, 15) is 26.4 Å². The van der Waals surface area contributed by atoms with Gasteiger partial charge in [-0.15, -0.1) is 5.11 Å². The molecule has 0 saturated carbocycles. The Hall–Kier alpha value is -2.60. The normalized spacial score (nSPS) is 26.1. The minimum atomic E-state index is -4.67. The molecule has 0 aromatic heterocycles. The van der Waals surface area contributed by atoms with Crippen molar-refractivity contribution in [3.05, 3.63) is 52.5 Å². The van der Waals surface area contributed by atoms with E-state index in [1.165, 1.54) is 0 Å². The molecule has 5 rings (SSSR count). The van der Waals surface area contributed by atoms with Crippen molar-refractivity contribution in [3.63, 3.8) is 0 Å². The zero-order chi connectivity index (χ0) is 25.4. The van der Waals surface area contributed by atoms with Crippen LogP contribution in [0.15, 0.2) is 62.1 Å². The number of hydrogen-bond acceptors (Lipinski definition) is 6. The van der Waals surface area contributed by atoms with Gasteiger partial charge < -0.3 is 5.32 Å². The first-order valence-corrected chi connectivity index (χ1v) is 12.7. The van der Waals surface area contributed by atoms with Gasteiger partial charge in [-0.25, -0.2) is 12.8 Å². The molecule has 1 atom stereocenters. The van der Waals surface area contributed by atoms with Gasteiger partial charge in [-0.05, 0) is 31.0 Å². The Morgan fingerprint density at radius 3 is 2.51 bits per heavy atom. The largest absolute Gasteiger partial charge is 0.416 e. The van der Waals surface area contributed by atoms with Gasteiger partial charge in [0.2, 0.25) is 10.0 Å². The molecule has 1 spiro atoms. The molecule has 1 N–H and O–H groups in total. The fourth-order valence-corrected chi connectivity index (χ4v) is 7.11. The number of dihydropyridines is 1. The number of nitrogens with zero attached hydrogens (tertiary/aromatic N) is 3. The first-order chi connectivity index (χ1) is 16.3. The van der Waals surface area contributed by atoms with Crippen molar-refractivity contribution in [2.24, 2.45) is 21.1 Å². The molecule has 1 saturated heterocycles. The first-order valence-electron chi connectivity index (χ1n) is 11.2. The summed E-state index contributed by atoms with van der Waals surface area (Å²) < 4.78 is 82.5. The molecule has 12 heteroatoms. The maximum Gasteiger partial charge on any atom is 0.416 e. The maximum atomic E-state index is 15.5. The predicted molar refractivity (Wildman–Crippen MR) is 117 cm³/mol. The van der Waals surface area contributed by atoms with Crippen LogP contribution in [0.5, 0.6) is 0 Å². The molecule has 0 radical (unpaired) electrons. The van der Waals surface area contributed by atoms with Gasteiger partial charge in [-0.3, -0.25) is 4.79 Å². The number of alkyl halides is 4. The number of sulfonamides is 1. The van der Waals surface area contributed by atoms with Crippen LogP contribution in [0.3, 0.4) is 0 Å². The number of ketones is 1. The molecular weight excluding hydrogens is 488 g/mol. The van der Waals surface area contributed by atoms with Crippen LogP contribution < -0.4 is 5.32 Å². The van der Waals surface area contributed by atoms with Crippen LogP contribution in [-0.4, -0.2) is 44.3 Å². The molecule has 1 aromatic carbocycles. The molecule has 188 valence electrons. The number of rotatable bonds is 2. The number of fused-ring (bicyclic) bond motifs is 2. The summed E-state index contributed by atoms with van der Waals surface area (Å²) in [5.74, 6) is 0.199. The fourth-order valence-electron chi connectivity index (χ4n) is 5.62. The summed E-state index contributed by atoms with van der Waals surface area (Å²) in [5, 5.41) is 11.1. The molecule has 1 aliphatic carbocycles. The van der Waals surface area contributed by atoms with Crippen molar-refractivity contribution in [2.75, 3.05) is 19.6 Å². The van der Waals surface area contributed by atoms with Crippen molar-refractivity contribution in [3.8, 4) is 0 Å². The third-order valence-corrected chi connectivity index (χ3v) is 9.37. The smallest absolute Gasteiger partial charge is 0.339 e. The summed E-state index contributed by atoms with van der Waals surface area (Å²) in [4.78, 5) is 12.9. The minimum Gasteiger partial charge on any atom is -0.339 e. The molecule has 7 nitrogen and oxygen atoms in total. The molecule has 4 aliphatic rings. The number of allylic oxidation sites excluding steroid dienone is 2. The van der Waals surface area contributed by atoms with Gasteiger partial charge in [0.1, 0.15) is 6.17 Å². The lowest BCUT2D eigenvalue weighted by atomic mass is 9.59. The van der Waals surface area contributed by atoms with E-state index >= 15 is 4.39 Å². The summed E-state index contributed by atoms with van der Waals surface area (Å²) in [6.07, 6.45) is -5.75. The highest BCUT2D eigenvalue weighted by Gasteiger charge is 2.56. The van der Waals surface area contributed by atoms with E-state index in [1.807, 2.05) is 0 Å². The van der Waals surface area contributed by atoms with E-state index in [4.69, 9.17) is 0 Å². The van der Waals surface area contributed by atoms with Crippen molar-refractivity contribution >= 4 is 15.8 Å². The Labute approximate surface area is 200 Å². The summed E-state index contributed by atoms with van der Waals surface area (Å²) in [5.41, 5.74) is -1.66. The van der Waals surface area contributed by atoms with E-state index in [1.54, 1.807) is 13.8 Å². The number of nitrogens with one attached hydrogen (secondary N) is 1. The molecule has 0 unspecified atom stereocenters. The molecule has 3 heterocycles. The van der Waals surface area contributed by atoms with Gasteiger partial charge in [0.25, 0.3) is 0 Å². The number of benzene rings is 1. The van der Waals surface area contributed by atoms with Crippen LogP contribution in [0.1, 0.15) is 38.7 Å². The van der Waals surface area contributed by atoms with Crippen molar-refractivity contribution in [1.29, 1.82) is 0 Å². The Morgan fingerprint density at radius 2 is 1.86 bits per heavy atom. The molecule has 0 bridgehead atoms. The highest BCUT2D eigenvalue weighted by molar-refractivity contribution is 7.89. The van der Waals surface area contributed by atoms with E-state index in [0.717, 1.165) is 28.1 Å². The number of hydrogen-bond donors (Lipinski definition) is 1. The standard InChI is InChI=1S/C23H24F4N4O3S/c1-21(2)11-16(32)17-18(19(21)24)29-20-15(12-28-30-20)22(17)6-8-31(9-7-22)35(33,34)14-5-3-4-13(10-14)23(25,26)27/h3-5,10,19,29H,6-9,11-12H2,1-2H3/t19-/m1/s1. The highest BCUT2D eigenvalue weighted by atomic mass is 32.2. The third-order valence-electron chi connectivity index (χ3n) is 7.47. The second-order valence-electron chi connectivity index (χ2n) is 10.1. The van der Waals surface area contributed by atoms with Gasteiger partial charge in [-0.2, -0.15) is 22.6 Å². The number of halogens is 4. The average molecular weight is 513 g/mol. The summed E-state index contributed by atoms with van der Waals surface area (Å²) in [6.45, 7) is 3.49. The molecule has 35 heavy (non-hydrogen) atoms. The lowest BCUT2D eigenvalue weighted by Crippen LogP contribution is -2.53. The first kappa shape index (κ1) is 24.1. The van der Waals surface area contributed by atoms with Gasteiger partial charge >= 0.3 is 6.18 Å². The van der Waals surface area contributed by atoms with Crippen LogP contribution in [0.4, 0.5) is 17.6 Å². The van der Waals surface area contributed by atoms with Gasteiger partial charge in [0.05, 0.1) is 22.7 Å². The Balaban J connectivity index is 1.49. The van der Waals surface area contributed by atoms with Crippen LogP contribution in [0, 0.1) is 10.8 Å². The van der Waals surface area contributed by atoms with E-state index in [-0.39, 0.29) is 50.4 Å². The van der Waals surface area contributed by atoms with Crippen molar-refractivity contribution in [2.45, 2.75) is 50.4 Å². The Morgan fingerprint density at radius 1 is 1.17 bits per heavy atom. The SMILES string of the molecule is CC1(C)CC(=O)C2=C(NC3=C(CN=N3)C23CCN(S(=O)(=O)c2cccc(C(F)(F)F)c2)CC3)[C@H]1F. The predicted octanol–water partition coefficient (Wildman–Crippen LogP) is 4.35. The number of carbonyl (C=O) groups is 1. The van der Waals surface area contributed by atoms with Crippen LogP contribution >= 0.6 is 0 Å². The molecule has 3 aliphatic heterocycles. The van der Waals surface area contributed by atoms with Crippen LogP contribution in [0.2, 0.25) is 0 Å². The van der Waals surface area contributed by atoms with E-state index in [0.29, 0.717) is 17.5 Å². The lowest BCUT2D eigenvalue weighted by molar-refractivity contribution is -0.137. The fraction of sp³-hybridized carbons (Fsp3) is 0.522. The molecular formula is C23H24F4N4O3S. The molecule has 0 amide bonds. The molecule has 1 fully saturated rings. The van der Waals surface area contributed by atoms with Gasteiger partial charge in [-0.1, -0.05) is 19.9 Å². The van der Waals surface area contributed by atoms with Gasteiger partial charge in [0.15, 0.2) is 11.6 Å². The zero-order valence-corrected chi connectivity index (χ0v) is 19.9. The average Bonchev–Trinajstić information content (AvgIpc) is 3.26. The summed E-state index contributed by atoms with van der Waals surface area (Å²) >= 11 is 0. The van der Waals surface area contributed by atoms with E-state index in [2.05, 4.69) is 15.5 Å². The number of piperidine rings is 1. The maximum absolute atomic E-state index is 15.5. The topological polar surface area (TPSA) is 91.2 Å². The van der Waals surface area contributed by atoms with E-state index < -0.39 is 43.7 Å². The quantitative estimate of drug-likeness (QED) is 0.597. The minimum absolute atomic E-state index is 0.0135. The Kier molecular flexibility index (Phi) is 5.30. The van der Waals surface area contributed by atoms with Crippen molar-refractivity contribution < 1.29 is 30.8 Å².